The standard InChI is InChI=1S/C19H17N3O3/c1-24-17-9-5-13(6-10-17)15-11-20-19(21-12-15)22-16-7-3-14(4-8-16)18(23)25-2/h3-12H,1-2H3,(H,20,21,22). The highest BCUT2D eigenvalue weighted by Gasteiger charge is 2.05. The van der Waals surface area contributed by atoms with Gasteiger partial charge >= 0.3 is 5.97 Å². The number of nitrogens with zero attached hydrogens (tertiary/aromatic N) is 2. The maximum absolute atomic E-state index is 11.4. The monoisotopic (exact) mass is 335 g/mol. The number of carbonyl (C=O) groups excluding carboxylic acids is 1. The van der Waals surface area contributed by atoms with E-state index in [1.165, 1.54) is 7.11 Å². The van der Waals surface area contributed by atoms with Gasteiger partial charge in [0.15, 0.2) is 0 Å². The molecule has 0 aliphatic carbocycles. The van der Waals surface area contributed by atoms with E-state index in [1.54, 1.807) is 43.8 Å². The fourth-order valence-corrected chi connectivity index (χ4v) is 2.26. The number of hydrogen-bond donors (Lipinski definition) is 1. The van der Waals surface area contributed by atoms with Crippen LogP contribution >= 0.6 is 0 Å². The van der Waals surface area contributed by atoms with Crippen molar-refractivity contribution in [2.45, 2.75) is 0 Å². The third kappa shape index (κ3) is 3.92. The zero-order chi connectivity index (χ0) is 17.6. The molecule has 0 radical (unpaired) electrons. The van der Waals surface area contributed by atoms with Crippen molar-refractivity contribution in [3.8, 4) is 16.9 Å². The minimum atomic E-state index is -0.369. The normalized spacial score (nSPS) is 10.2. The van der Waals surface area contributed by atoms with E-state index in [-0.39, 0.29) is 5.97 Å². The van der Waals surface area contributed by atoms with Gasteiger partial charge in [-0.25, -0.2) is 14.8 Å². The molecule has 0 aliphatic rings. The number of carbonyl (C=O) groups is 1. The lowest BCUT2D eigenvalue weighted by Crippen LogP contribution is -2.01. The first kappa shape index (κ1) is 16.4. The van der Waals surface area contributed by atoms with E-state index in [4.69, 9.17) is 4.74 Å². The Bertz CT molecular complexity index is 845. The van der Waals surface area contributed by atoms with Crippen LogP contribution in [0.4, 0.5) is 11.6 Å². The molecule has 0 amide bonds. The van der Waals surface area contributed by atoms with Gasteiger partial charge in [0, 0.05) is 23.6 Å². The quantitative estimate of drug-likeness (QED) is 0.717. The van der Waals surface area contributed by atoms with Crippen LogP contribution in [0.3, 0.4) is 0 Å². The van der Waals surface area contributed by atoms with Crippen LogP contribution in [0.1, 0.15) is 10.4 Å². The summed E-state index contributed by atoms with van der Waals surface area (Å²) in [5.74, 6) is 0.910. The van der Waals surface area contributed by atoms with Crippen LogP contribution in [0.2, 0.25) is 0 Å². The Hall–Kier alpha value is -3.41. The van der Waals surface area contributed by atoms with Crippen LogP contribution in [-0.2, 0) is 4.74 Å². The molecule has 2 aromatic carbocycles. The molecule has 0 spiro atoms. The summed E-state index contributed by atoms with van der Waals surface area (Å²) in [4.78, 5) is 20.1. The van der Waals surface area contributed by atoms with Crippen LogP contribution in [0.15, 0.2) is 60.9 Å². The number of esters is 1. The molecule has 3 aromatic rings. The zero-order valence-corrected chi connectivity index (χ0v) is 13.9. The number of anilines is 2. The Balaban J connectivity index is 1.70. The largest absolute Gasteiger partial charge is 0.497 e. The van der Waals surface area contributed by atoms with Gasteiger partial charge in [-0.05, 0) is 42.0 Å². The number of nitrogens with one attached hydrogen (secondary N) is 1. The second kappa shape index (κ2) is 7.44. The Labute approximate surface area is 145 Å². The van der Waals surface area contributed by atoms with E-state index >= 15 is 0 Å². The lowest BCUT2D eigenvalue weighted by Gasteiger charge is -2.07. The van der Waals surface area contributed by atoms with Gasteiger partial charge in [0.05, 0.1) is 19.8 Å². The number of benzene rings is 2. The summed E-state index contributed by atoms with van der Waals surface area (Å²) in [5.41, 5.74) is 3.19. The Kier molecular flexibility index (Phi) is 4.89. The topological polar surface area (TPSA) is 73.3 Å². The predicted molar refractivity (Wildman–Crippen MR) is 95.1 cm³/mol. The van der Waals surface area contributed by atoms with E-state index in [9.17, 15) is 4.79 Å². The maximum atomic E-state index is 11.4. The lowest BCUT2D eigenvalue weighted by molar-refractivity contribution is 0.0601. The summed E-state index contributed by atoms with van der Waals surface area (Å²) in [6.45, 7) is 0. The molecule has 126 valence electrons. The average molecular weight is 335 g/mol. The number of rotatable bonds is 5. The van der Waals surface area contributed by atoms with Crippen LogP contribution in [0.5, 0.6) is 5.75 Å². The fraction of sp³-hybridized carbons (Fsp3) is 0.105. The molecule has 0 unspecified atom stereocenters. The summed E-state index contributed by atoms with van der Waals surface area (Å²) < 4.78 is 9.82. The van der Waals surface area contributed by atoms with Crippen molar-refractivity contribution in [3.63, 3.8) is 0 Å². The Morgan fingerprint density at radius 3 is 2.08 bits per heavy atom. The molecule has 0 saturated heterocycles. The number of hydrogen-bond acceptors (Lipinski definition) is 6. The van der Waals surface area contributed by atoms with Crippen molar-refractivity contribution < 1.29 is 14.3 Å². The zero-order valence-electron chi connectivity index (χ0n) is 13.9. The second-order valence-corrected chi connectivity index (χ2v) is 5.22. The molecule has 1 heterocycles. The minimum absolute atomic E-state index is 0.369. The molecule has 25 heavy (non-hydrogen) atoms. The average Bonchev–Trinajstić information content (AvgIpc) is 2.68. The van der Waals surface area contributed by atoms with Crippen molar-refractivity contribution in [3.05, 3.63) is 66.5 Å². The van der Waals surface area contributed by atoms with Crippen molar-refractivity contribution in [2.75, 3.05) is 19.5 Å². The molecule has 3 rings (SSSR count). The molecule has 0 atom stereocenters. The number of aromatic nitrogens is 2. The van der Waals surface area contributed by atoms with Crippen LogP contribution < -0.4 is 10.1 Å². The Morgan fingerprint density at radius 2 is 1.52 bits per heavy atom. The first-order valence-electron chi connectivity index (χ1n) is 7.61. The van der Waals surface area contributed by atoms with Gasteiger partial charge in [0.2, 0.25) is 5.95 Å². The highest BCUT2D eigenvalue weighted by molar-refractivity contribution is 5.89. The highest BCUT2D eigenvalue weighted by Crippen LogP contribution is 2.22. The summed E-state index contributed by atoms with van der Waals surface area (Å²) in [5, 5.41) is 3.09. The van der Waals surface area contributed by atoms with Crippen molar-refractivity contribution in [1.82, 2.24) is 9.97 Å². The third-order valence-electron chi connectivity index (χ3n) is 3.64. The SMILES string of the molecule is COC(=O)c1ccc(Nc2ncc(-c3ccc(OC)cc3)cn2)cc1. The van der Waals surface area contributed by atoms with E-state index in [0.29, 0.717) is 11.5 Å². The van der Waals surface area contributed by atoms with Crippen LogP contribution in [0.25, 0.3) is 11.1 Å². The second-order valence-electron chi connectivity index (χ2n) is 5.22. The van der Waals surface area contributed by atoms with E-state index < -0.39 is 0 Å². The van der Waals surface area contributed by atoms with E-state index in [0.717, 1.165) is 22.6 Å². The minimum Gasteiger partial charge on any atom is -0.497 e. The van der Waals surface area contributed by atoms with Gasteiger partial charge in [-0.2, -0.15) is 0 Å². The number of ether oxygens (including phenoxy) is 2. The lowest BCUT2D eigenvalue weighted by atomic mass is 10.1. The summed E-state index contributed by atoms with van der Waals surface area (Å²) in [6.07, 6.45) is 3.50. The number of methoxy groups -OCH3 is 2. The van der Waals surface area contributed by atoms with Crippen molar-refractivity contribution in [2.24, 2.45) is 0 Å². The predicted octanol–water partition coefficient (Wildman–Crippen LogP) is 3.68. The maximum Gasteiger partial charge on any atom is 0.337 e. The van der Waals surface area contributed by atoms with Gasteiger partial charge < -0.3 is 14.8 Å². The first-order valence-corrected chi connectivity index (χ1v) is 7.61. The van der Waals surface area contributed by atoms with E-state index in [2.05, 4.69) is 20.0 Å². The highest BCUT2D eigenvalue weighted by atomic mass is 16.5. The summed E-state index contributed by atoms with van der Waals surface area (Å²) >= 11 is 0. The molecule has 0 bridgehead atoms. The molecular weight excluding hydrogens is 318 g/mol. The van der Waals surface area contributed by atoms with Gasteiger partial charge in [-0.15, -0.1) is 0 Å². The molecular formula is C19H17N3O3. The van der Waals surface area contributed by atoms with Gasteiger partial charge in [0.1, 0.15) is 5.75 Å². The Morgan fingerprint density at radius 1 is 0.880 bits per heavy atom. The first-order chi connectivity index (χ1) is 12.2. The van der Waals surface area contributed by atoms with E-state index in [1.807, 2.05) is 24.3 Å². The van der Waals surface area contributed by atoms with Gasteiger partial charge in [-0.3, -0.25) is 0 Å². The third-order valence-corrected chi connectivity index (χ3v) is 3.64. The molecule has 0 saturated carbocycles. The summed E-state index contributed by atoms with van der Waals surface area (Å²) in [7, 11) is 2.99. The molecule has 0 aliphatic heterocycles. The van der Waals surface area contributed by atoms with Gasteiger partial charge in [-0.1, -0.05) is 12.1 Å². The molecule has 1 aromatic heterocycles. The van der Waals surface area contributed by atoms with Crippen LogP contribution in [0, 0.1) is 0 Å². The molecule has 1 N–H and O–H groups in total. The van der Waals surface area contributed by atoms with Crippen LogP contribution in [-0.4, -0.2) is 30.2 Å². The molecule has 0 fully saturated rings. The van der Waals surface area contributed by atoms with Crippen molar-refractivity contribution >= 4 is 17.6 Å². The summed E-state index contributed by atoms with van der Waals surface area (Å²) in [6, 6.07) is 14.6. The molecule has 6 heteroatoms. The van der Waals surface area contributed by atoms with Gasteiger partial charge in [0.25, 0.3) is 0 Å². The van der Waals surface area contributed by atoms with Crippen molar-refractivity contribution in [1.29, 1.82) is 0 Å². The fourth-order valence-electron chi connectivity index (χ4n) is 2.26. The molecule has 6 nitrogen and oxygen atoms in total. The smallest absolute Gasteiger partial charge is 0.337 e.